The number of carboxylic acid groups (broad SMARTS) is 1. The molecule has 208 valence electrons. The largest absolute Gasteiger partial charge is 0.488 e. The molecule has 6 nitrogen and oxygen atoms in total. The van der Waals surface area contributed by atoms with Crippen molar-refractivity contribution in [2.75, 3.05) is 6.54 Å². The summed E-state index contributed by atoms with van der Waals surface area (Å²) in [7, 11) is 0. The third kappa shape index (κ3) is 8.11. The summed E-state index contributed by atoms with van der Waals surface area (Å²) in [6, 6.07) is 26.8. The van der Waals surface area contributed by atoms with Gasteiger partial charge in [0.15, 0.2) is 0 Å². The molecule has 8 heteroatoms. The summed E-state index contributed by atoms with van der Waals surface area (Å²) in [4.78, 5) is 13.4. The third-order valence-electron chi connectivity index (χ3n) is 6.49. The number of hydrogen-bond acceptors (Lipinski definition) is 5. The van der Waals surface area contributed by atoms with Crippen LogP contribution in [0.3, 0.4) is 0 Å². The summed E-state index contributed by atoms with van der Waals surface area (Å²) in [5.74, 6) is -0.542. The molecule has 0 fully saturated rings. The molecule has 4 aromatic rings. The van der Waals surface area contributed by atoms with Crippen LogP contribution in [0.15, 0.2) is 97.1 Å². The monoisotopic (exact) mass is 546 g/mol. The molecule has 0 aromatic heterocycles. The summed E-state index contributed by atoms with van der Waals surface area (Å²) < 4.78 is 40.3. The quantitative estimate of drug-likeness (QED) is 0.204. The van der Waals surface area contributed by atoms with E-state index < -0.39 is 12.0 Å². The van der Waals surface area contributed by atoms with Gasteiger partial charge in [0, 0.05) is 41.9 Å². The highest BCUT2D eigenvalue weighted by Crippen LogP contribution is 2.26. The lowest BCUT2D eigenvalue weighted by Gasteiger charge is -2.25. The van der Waals surface area contributed by atoms with Gasteiger partial charge in [0.25, 0.3) is 0 Å². The molecule has 0 aliphatic carbocycles. The smallest absolute Gasteiger partial charge is 0.320 e. The zero-order valence-electron chi connectivity index (χ0n) is 22.0. The first-order valence-electron chi connectivity index (χ1n) is 13.0. The number of carbonyl (C=O) groups is 1. The van der Waals surface area contributed by atoms with Crippen molar-refractivity contribution < 1.29 is 28.2 Å². The van der Waals surface area contributed by atoms with Crippen LogP contribution in [0.5, 0.6) is 11.5 Å². The molecule has 0 spiro atoms. The number of nitrogens with zero attached hydrogens (tertiary/aromatic N) is 1. The Morgan fingerprint density at radius 2 is 1.10 bits per heavy atom. The molecule has 0 amide bonds. The van der Waals surface area contributed by atoms with Gasteiger partial charge in [0.1, 0.15) is 42.4 Å². The van der Waals surface area contributed by atoms with E-state index in [1.165, 1.54) is 12.1 Å². The van der Waals surface area contributed by atoms with Crippen molar-refractivity contribution in [2.24, 2.45) is 5.73 Å². The van der Waals surface area contributed by atoms with Gasteiger partial charge in [0.05, 0.1) is 0 Å². The Morgan fingerprint density at radius 3 is 1.52 bits per heavy atom. The van der Waals surface area contributed by atoms with Crippen LogP contribution in [0.2, 0.25) is 0 Å². The maximum absolute atomic E-state index is 14.1. The second-order valence-electron chi connectivity index (χ2n) is 9.42. The highest BCUT2D eigenvalue weighted by molar-refractivity contribution is 5.73. The van der Waals surface area contributed by atoms with E-state index >= 15 is 0 Å². The van der Waals surface area contributed by atoms with Crippen LogP contribution in [0.25, 0.3) is 0 Å². The van der Waals surface area contributed by atoms with Gasteiger partial charge in [-0.25, -0.2) is 8.78 Å². The third-order valence-corrected chi connectivity index (χ3v) is 6.49. The zero-order valence-corrected chi connectivity index (χ0v) is 22.0. The molecule has 4 aromatic carbocycles. The minimum atomic E-state index is -1.07. The highest BCUT2D eigenvalue weighted by atomic mass is 19.1. The normalized spacial score (nSPS) is 11.8. The number of para-hydroxylation sites is 2. The highest BCUT2D eigenvalue weighted by Gasteiger charge is 2.18. The van der Waals surface area contributed by atoms with E-state index in [-0.39, 0.29) is 31.3 Å². The van der Waals surface area contributed by atoms with Crippen molar-refractivity contribution in [3.63, 3.8) is 0 Å². The molecular formula is C32H32F2N2O4. The Balaban J connectivity index is 1.52. The van der Waals surface area contributed by atoms with Gasteiger partial charge in [-0.2, -0.15) is 0 Å². The van der Waals surface area contributed by atoms with Crippen LogP contribution in [0.1, 0.15) is 28.7 Å². The van der Waals surface area contributed by atoms with Crippen molar-refractivity contribution in [3.05, 3.63) is 131 Å². The van der Waals surface area contributed by atoms with Gasteiger partial charge in [-0.15, -0.1) is 0 Å². The Labute approximate surface area is 232 Å². The first-order chi connectivity index (χ1) is 19.4. The van der Waals surface area contributed by atoms with Gasteiger partial charge in [0.2, 0.25) is 0 Å². The fourth-order valence-electron chi connectivity index (χ4n) is 4.23. The fraction of sp³-hybridized carbons (Fsp3) is 0.219. The average molecular weight is 547 g/mol. The Kier molecular flexibility index (Phi) is 10.2. The number of rotatable bonds is 14. The van der Waals surface area contributed by atoms with Crippen LogP contribution < -0.4 is 15.2 Å². The lowest BCUT2D eigenvalue weighted by atomic mass is 10.1. The average Bonchev–Trinajstić information content (AvgIpc) is 2.96. The van der Waals surface area contributed by atoms with Crippen molar-refractivity contribution >= 4 is 5.97 Å². The van der Waals surface area contributed by atoms with E-state index in [2.05, 4.69) is 4.90 Å². The fourth-order valence-corrected chi connectivity index (χ4v) is 4.23. The van der Waals surface area contributed by atoms with E-state index in [1.54, 1.807) is 36.4 Å². The maximum atomic E-state index is 14.1. The lowest BCUT2D eigenvalue weighted by molar-refractivity contribution is -0.138. The Bertz CT molecular complexity index is 1320. The molecule has 0 heterocycles. The van der Waals surface area contributed by atoms with Gasteiger partial charge in [-0.1, -0.05) is 72.8 Å². The minimum Gasteiger partial charge on any atom is -0.488 e. The second kappa shape index (κ2) is 14.2. The van der Waals surface area contributed by atoms with Gasteiger partial charge in [-0.05, 0) is 30.7 Å². The van der Waals surface area contributed by atoms with Crippen LogP contribution in [-0.4, -0.2) is 28.6 Å². The summed E-state index contributed by atoms with van der Waals surface area (Å²) in [6.07, 6.45) is 0.228. The molecule has 0 bridgehead atoms. The van der Waals surface area contributed by atoms with Crippen LogP contribution >= 0.6 is 0 Å². The number of carboxylic acids is 1. The molecule has 0 radical (unpaired) electrons. The molecule has 3 N–H and O–H groups in total. The molecule has 0 saturated carbocycles. The number of ether oxygens (including phenoxy) is 2. The number of benzene rings is 4. The van der Waals surface area contributed by atoms with Crippen molar-refractivity contribution in [3.8, 4) is 11.5 Å². The minimum absolute atomic E-state index is 0.0697. The van der Waals surface area contributed by atoms with Gasteiger partial charge < -0.3 is 20.3 Å². The molecule has 0 aliphatic heterocycles. The topological polar surface area (TPSA) is 85.0 Å². The van der Waals surface area contributed by atoms with E-state index in [9.17, 15) is 18.7 Å². The van der Waals surface area contributed by atoms with Crippen molar-refractivity contribution in [1.82, 2.24) is 4.90 Å². The summed E-state index contributed by atoms with van der Waals surface area (Å²) in [5, 5.41) is 9.32. The van der Waals surface area contributed by atoms with Crippen LogP contribution in [0, 0.1) is 11.6 Å². The zero-order chi connectivity index (χ0) is 28.3. The molecule has 40 heavy (non-hydrogen) atoms. The molecule has 1 atom stereocenters. The molecule has 0 saturated heterocycles. The van der Waals surface area contributed by atoms with Crippen LogP contribution in [-0.2, 0) is 31.1 Å². The standard InChI is InChI=1S/C32H32F2N2O4/c33-27-13-5-1-11-25(27)21-39-30-15-7-3-9-23(30)19-36(18-17-29(35)32(37)38)20-24-10-4-8-16-31(24)40-22-26-12-2-6-14-28(26)34/h1-16,29H,17-22,35H2,(H,37,38)/t29-/m1/s1. The summed E-state index contributed by atoms with van der Waals surface area (Å²) >= 11 is 0. The lowest BCUT2D eigenvalue weighted by Crippen LogP contribution is -2.35. The van der Waals surface area contributed by atoms with Crippen molar-refractivity contribution in [1.29, 1.82) is 0 Å². The number of nitrogens with two attached hydrogens (primary N) is 1. The van der Waals surface area contributed by atoms with E-state index in [0.717, 1.165) is 11.1 Å². The van der Waals surface area contributed by atoms with Gasteiger partial charge >= 0.3 is 5.97 Å². The predicted molar refractivity (Wildman–Crippen MR) is 149 cm³/mol. The Hall–Kier alpha value is -4.27. The predicted octanol–water partition coefficient (Wildman–Crippen LogP) is 5.93. The first-order valence-corrected chi connectivity index (χ1v) is 13.0. The van der Waals surface area contributed by atoms with Crippen LogP contribution in [0.4, 0.5) is 8.78 Å². The SMILES string of the molecule is N[C@H](CCN(Cc1ccccc1OCc1ccccc1F)Cc1ccccc1OCc1ccccc1F)C(=O)O. The molecule has 0 aliphatic rings. The van der Waals surface area contributed by atoms with Crippen molar-refractivity contribution in [2.45, 2.75) is 38.8 Å². The molecule has 4 rings (SSSR count). The van der Waals surface area contributed by atoms with Gasteiger partial charge in [-0.3, -0.25) is 9.69 Å². The number of halogens is 2. The summed E-state index contributed by atoms with van der Waals surface area (Å²) in [5.41, 5.74) is 8.42. The maximum Gasteiger partial charge on any atom is 0.320 e. The Morgan fingerprint density at radius 1 is 0.700 bits per heavy atom. The second-order valence-corrected chi connectivity index (χ2v) is 9.42. The number of hydrogen-bond donors (Lipinski definition) is 2. The van der Waals surface area contributed by atoms with E-state index in [1.807, 2.05) is 48.5 Å². The van der Waals surface area contributed by atoms with E-state index in [4.69, 9.17) is 15.2 Å². The molecule has 0 unspecified atom stereocenters. The first kappa shape index (κ1) is 28.7. The number of aliphatic carboxylic acids is 1. The molecular weight excluding hydrogens is 514 g/mol. The van der Waals surface area contributed by atoms with E-state index in [0.29, 0.717) is 42.3 Å². The summed E-state index contributed by atoms with van der Waals surface area (Å²) in [6.45, 7) is 1.36.